The Labute approximate surface area is 110 Å². The Kier molecular flexibility index (Phi) is 4.28. The third kappa shape index (κ3) is 3.05. The van der Waals surface area contributed by atoms with Crippen LogP contribution in [0.5, 0.6) is 0 Å². The van der Waals surface area contributed by atoms with Crippen molar-refractivity contribution >= 4 is 27.5 Å². The molecule has 0 aliphatic heterocycles. The van der Waals surface area contributed by atoms with Crippen molar-refractivity contribution in [2.24, 2.45) is 5.92 Å². The minimum atomic E-state index is -0.733. The summed E-state index contributed by atoms with van der Waals surface area (Å²) in [6.45, 7) is 3.10. The molecule has 0 radical (unpaired) electrons. The number of carbonyl (C=O) groups is 1. The molecule has 2 rings (SSSR count). The first-order valence-corrected chi connectivity index (χ1v) is 6.79. The number of pyridine rings is 1. The van der Waals surface area contributed by atoms with Crippen LogP contribution in [0.3, 0.4) is 0 Å². The maximum absolute atomic E-state index is 10.9. The van der Waals surface area contributed by atoms with E-state index in [1.54, 1.807) is 17.5 Å². The monoisotopic (exact) mass is 264 g/mol. The second kappa shape index (κ2) is 5.93. The first kappa shape index (κ1) is 13.0. The molecular weight excluding hydrogens is 248 g/mol. The average molecular weight is 264 g/mol. The minimum absolute atomic E-state index is 0.308. The van der Waals surface area contributed by atoms with E-state index in [0.29, 0.717) is 19.5 Å². The first-order valence-electron chi connectivity index (χ1n) is 5.97. The number of thiophene rings is 1. The maximum atomic E-state index is 10.9. The molecule has 96 valence electrons. The number of nitrogens with zero attached hydrogens (tertiary/aromatic N) is 1. The van der Waals surface area contributed by atoms with Gasteiger partial charge in [-0.25, -0.2) is 0 Å². The highest BCUT2D eigenvalue weighted by Gasteiger charge is 2.14. The Morgan fingerprint density at radius 2 is 2.44 bits per heavy atom. The van der Waals surface area contributed by atoms with E-state index in [9.17, 15) is 4.79 Å². The molecule has 0 fully saturated rings. The fraction of sp³-hybridized carbons (Fsp3) is 0.385. The van der Waals surface area contributed by atoms with E-state index < -0.39 is 5.97 Å². The smallest absolute Gasteiger partial charge is 0.307 e. The van der Waals surface area contributed by atoms with Crippen molar-refractivity contribution in [3.05, 3.63) is 29.3 Å². The number of hydrogen-bond donors (Lipinski definition) is 2. The summed E-state index contributed by atoms with van der Waals surface area (Å²) < 4.78 is 1.17. The highest BCUT2D eigenvalue weighted by molar-refractivity contribution is 7.19. The van der Waals surface area contributed by atoms with E-state index in [-0.39, 0.29) is 5.92 Å². The van der Waals surface area contributed by atoms with Crippen molar-refractivity contribution in [2.45, 2.75) is 19.9 Å². The van der Waals surface area contributed by atoms with Crippen LogP contribution in [-0.4, -0.2) is 22.6 Å². The molecule has 5 heteroatoms. The second-order valence-corrected chi connectivity index (χ2v) is 5.34. The van der Waals surface area contributed by atoms with Crippen molar-refractivity contribution in [1.29, 1.82) is 0 Å². The quantitative estimate of drug-likeness (QED) is 0.841. The molecule has 2 aromatic rings. The SMILES string of the molecule is CCC(CNCc1cc2ncccc2s1)C(=O)O. The lowest BCUT2D eigenvalue weighted by molar-refractivity contribution is -0.141. The van der Waals surface area contributed by atoms with Crippen LogP contribution in [0.1, 0.15) is 18.2 Å². The van der Waals surface area contributed by atoms with Gasteiger partial charge >= 0.3 is 5.97 Å². The Morgan fingerprint density at radius 1 is 1.61 bits per heavy atom. The molecule has 2 N–H and O–H groups in total. The summed E-state index contributed by atoms with van der Waals surface area (Å²) in [4.78, 5) is 16.3. The van der Waals surface area contributed by atoms with Crippen LogP contribution in [-0.2, 0) is 11.3 Å². The second-order valence-electron chi connectivity index (χ2n) is 4.17. The van der Waals surface area contributed by atoms with Gasteiger partial charge < -0.3 is 10.4 Å². The maximum Gasteiger partial charge on any atom is 0.307 e. The zero-order chi connectivity index (χ0) is 13.0. The van der Waals surface area contributed by atoms with Crippen LogP contribution in [0.4, 0.5) is 0 Å². The molecule has 0 amide bonds. The Bertz CT molecular complexity index is 506. The van der Waals surface area contributed by atoms with Gasteiger partial charge in [-0.15, -0.1) is 11.3 Å². The lowest BCUT2D eigenvalue weighted by Crippen LogP contribution is -2.27. The molecule has 0 saturated heterocycles. The van der Waals surface area contributed by atoms with Gasteiger partial charge in [0.2, 0.25) is 0 Å². The number of carboxylic acid groups (broad SMARTS) is 1. The number of aliphatic carboxylic acids is 1. The van der Waals surface area contributed by atoms with Gasteiger partial charge in [0.1, 0.15) is 0 Å². The number of nitrogens with one attached hydrogen (secondary N) is 1. The van der Waals surface area contributed by atoms with Gasteiger partial charge in [0.05, 0.1) is 16.1 Å². The van der Waals surface area contributed by atoms with Crippen LogP contribution in [0, 0.1) is 5.92 Å². The Morgan fingerprint density at radius 3 is 3.11 bits per heavy atom. The lowest BCUT2D eigenvalue weighted by Gasteiger charge is -2.09. The number of fused-ring (bicyclic) bond motifs is 1. The van der Waals surface area contributed by atoms with E-state index in [4.69, 9.17) is 5.11 Å². The van der Waals surface area contributed by atoms with Crippen LogP contribution < -0.4 is 5.32 Å². The van der Waals surface area contributed by atoms with Gasteiger partial charge in [0.25, 0.3) is 0 Å². The van der Waals surface area contributed by atoms with Crippen LogP contribution >= 0.6 is 11.3 Å². The summed E-state index contributed by atoms with van der Waals surface area (Å²) in [5, 5.41) is 12.1. The van der Waals surface area contributed by atoms with Crippen molar-refractivity contribution in [3.63, 3.8) is 0 Å². The van der Waals surface area contributed by atoms with Gasteiger partial charge in [0.15, 0.2) is 0 Å². The zero-order valence-corrected chi connectivity index (χ0v) is 11.0. The molecular formula is C13H16N2O2S. The van der Waals surface area contributed by atoms with E-state index >= 15 is 0 Å². The third-order valence-corrected chi connectivity index (χ3v) is 3.96. The summed E-state index contributed by atoms with van der Waals surface area (Å²) in [5.41, 5.74) is 1.00. The molecule has 2 aromatic heterocycles. The Balaban J connectivity index is 1.92. The molecule has 0 bridgehead atoms. The fourth-order valence-electron chi connectivity index (χ4n) is 1.78. The summed E-state index contributed by atoms with van der Waals surface area (Å²) in [6.07, 6.45) is 2.43. The highest BCUT2D eigenvalue weighted by Crippen LogP contribution is 2.23. The predicted octanol–water partition coefficient (Wildman–Crippen LogP) is 2.50. The van der Waals surface area contributed by atoms with Gasteiger partial charge in [-0.3, -0.25) is 9.78 Å². The number of carboxylic acids is 1. The van der Waals surface area contributed by atoms with E-state index in [1.165, 1.54) is 9.58 Å². The number of hydrogen-bond acceptors (Lipinski definition) is 4. The largest absolute Gasteiger partial charge is 0.481 e. The molecule has 2 heterocycles. The normalized spacial score (nSPS) is 12.7. The molecule has 4 nitrogen and oxygen atoms in total. The van der Waals surface area contributed by atoms with Crippen LogP contribution in [0.25, 0.3) is 10.2 Å². The fourth-order valence-corrected chi connectivity index (χ4v) is 2.77. The third-order valence-electron chi connectivity index (χ3n) is 2.87. The Hall–Kier alpha value is -1.46. The molecule has 1 atom stereocenters. The summed E-state index contributed by atoms with van der Waals surface area (Å²) in [5.74, 6) is -1.04. The molecule has 18 heavy (non-hydrogen) atoms. The first-order chi connectivity index (χ1) is 8.70. The standard InChI is InChI=1S/C13H16N2O2S/c1-2-9(13(16)17)7-14-8-10-6-11-12(18-10)4-3-5-15-11/h3-6,9,14H,2,7-8H2,1H3,(H,16,17). The predicted molar refractivity (Wildman–Crippen MR) is 72.7 cm³/mol. The molecule has 1 unspecified atom stereocenters. The van der Waals surface area contributed by atoms with Gasteiger partial charge in [0, 0.05) is 24.2 Å². The number of rotatable bonds is 6. The topological polar surface area (TPSA) is 62.2 Å². The summed E-state index contributed by atoms with van der Waals surface area (Å²) >= 11 is 1.69. The average Bonchev–Trinajstić information content (AvgIpc) is 2.76. The van der Waals surface area contributed by atoms with Gasteiger partial charge in [-0.05, 0) is 24.6 Å². The minimum Gasteiger partial charge on any atom is -0.481 e. The molecule has 0 saturated carbocycles. The van der Waals surface area contributed by atoms with Crippen molar-refractivity contribution in [2.75, 3.05) is 6.54 Å². The van der Waals surface area contributed by atoms with E-state index in [1.807, 2.05) is 19.1 Å². The van der Waals surface area contributed by atoms with E-state index in [0.717, 1.165) is 5.52 Å². The van der Waals surface area contributed by atoms with Crippen molar-refractivity contribution in [1.82, 2.24) is 10.3 Å². The molecule has 0 aliphatic carbocycles. The molecule has 0 aromatic carbocycles. The summed E-state index contributed by atoms with van der Waals surface area (Å²) in [7, 11) is 0. The van der Waals surface area contributed by atoms with Crippen molar-refractivity contribution < 1.29 is 9.90 Å². The van der Waals surface area contributed by atoms with Crippen molar-refractivity contribution in [3.8, 4) is 0 Å². The number of aromatic nitrogens is 1. The molecule has 0 aliphatic rings. The summed E-state index contributed by atoms with van der Waals surface area (Å²) in [6, 6.07) is 6.02. The van der Waals surface area contributed by atoms with Crippen LogP contribution in [0.2, 0.25) is 0 Å². The highest BCUT2D eigenvalue weighted by atomic mass is 32.1. The van der Waals surface area contributed by atoms with Gasteiger partial charge in [-0.2, -0.15) is 0 Å². The van der Waals surface area contributed by atoms with E-state index in [2.05, 4.69) is 16.4 Å². The van der Waals surface area contributed by atoms with Gasteiger partial charge in [-0.1, -0.05) is 6.92 Å². The molecule has 0 spiro atoms. The zero-order valence-electron chi connectivity index (χ0n) is 10.2. The van der Waals surface area contributed by atoms with Crippen LogP contribution in [0.15, 0.2) is 24.4 Å². The lowest BCUT2D eigenvalue weighted by atomic mass is 10.1.